The summed E-state index contributed by atoms with van der Waals surface area (Å²) >= 11 is 0. The molecule has 0 aromatic carbocycles. The Hall–Kier alpha value is 0.0700. The van der Waals surface area contributed by atoms with Gasteiger partial charge >= 0.3 is 0 Å². The van der Waals surface area contributed by atoms with Crippen molar-refractivity contribution >= 4 is 10.8 Å². The summed E-state index contributed by atoms with van der Waals surface area (Å²) in [6.07, 6.45) is 2.32. The maximum absolute atomic E-state index is 10.9. The van der Waals surface area contributed by atoms with Gasteiger partial charge in [0.1, 0.15) is 0 Å². The zero-order valence-electron chi connectivity index (χ0n) is 8.04. The molecule has 0 spiro atoms. The Bertz CT molecular complexity index is 139. The van der Waals surface area contributed by atoms with Crippen LogP contribution in [-0.2, 0) is 10.8 Å². The van der Waals surface area contributed by atoms with Crippen LogP contribution in [0.5, 0.6) is 0 Å². The quantitative estimate of drug-likeness (QED) is 0.589. The van der Waals surface area contributed by atoms with Gasteiger partial charge in [-0.25, -0.2) is 0 Å². The smallest absolute Gasteiger partial charge is 0.0636 e. The van der Waals surface area contributed by atoms with Crippen molar-refractivity contribution in [1.29, 1.82) is 0 Å². The second-order valence-electron chi connectivity index (χ2n) is 3.15. The fraction of sp³-hybridized carbons (Fsp3) is 1.00. The minimum absolute atomic E-state index is 0.242. The normalized spacial score (nSPS) is 18.7. The standard InChI is InChI=1S/C8H19NO2S/c1-7(10)6-9-5-4-8(2)12(3)11/h7-10H,4-6H2,1-3H3. The molecule has 0 rings (SSSR count). The van der Waals surface area contributed by atoms with Crippen LogP contribution in [0.4, 0.5) is 0 Å². The summed E-state index contributed by atoms with van der Waals surface area (Å²) in [7, 11) is -0.727. The van der Waals surface area contributed by atoms with E-state index in [1.54, 1.807) is 13.2 Å². The molecule has 3 atom stereocenters. The number of aliphatic hydroxyl groups is 1. The van der Waals surface area contributed by atoms with Gasteiger partial charge < -0.3 is 10.4 Å². The lowest BCUT2D eigenvalue weighted by atomic mass is 10.3. The topological polar surface area (TPSA) is 49.3 Å². The highest BCUT2D eigenvalue weighted by molar-refractivity contribution is 7.84. The molecular formula is C8H19NO2S. The van der Waals surface area contributed by atoms with Gasteiger partial charge in [0.2, 0.25) is 0 Å². The Morgan fingerprint density at radius 2 is 2.08 bits per heavy atom. The van der Waals surface area contributed by atoms with Gasteiger partial charge in [-0.3, -0.25) is 4.21 Å². The fourth-order valence-electron chi connectivity index (χ4n) is 0.782. The highest BCUT2D eigenvalue weighted by Gasteiger charge is 2.04. The van der Waals surface area contributed by atoms with Crippen LogP contribution in [0.1, 0.15) is 20.3 Å². The first-order valence-corrected chi connectivity index (χ1v) is 5.87. The van der Waals surface area contributed by atoms with E-state index in [9.17, 15) is 4.21 Å². The Balaban J connectivity index is 3.25. The van der Waals surface area contributed by atoms with Crippen molar-refractivity contribution < 1.29 is 9.32 Å². The van der Waals surface area contributed by atoms with Gasteiger partial charge in [-0.1, -0.05) is 6.92 Å². The maximum atomic E-state index is 10.9. The minimum atomic E-state index is -0.727. The third-order valence-corrected chi connectivity index (χ3v) is 3.10. The summed E-state index contributed by atoms with van der Waals surface area (Å²) in [5, 5.41) is 12.2. The second kappa shape index (κ2) is 6.57. The summed E-state index contributed by atoms with van der Waals surface area (Å²) in [5.41, 5.74) is 0. The predicted molar refractivity (Wildman–Crippen MR) is 52.7 cm³/mol. The molecule has 0 saturated carbocycles. The van der Waals surface area contributed by atoms with Gasteiger partial charge in [-0.2, -0.15) is 0 Å². The molecule has 74 valence electrons. The van der Waals surface area contributed by atoms with Crippen LogP contribution in [0.25, 0.3) is 0 Å². The van der Waals surface area contributed by atoms with Crippen LogP contribution in [0.2, 0.25) is 0 Å². The lowest BCUT2D eigenvalue weighted by Crippen LogP contribution is -2.27. The molecule has 0 aliphatic carbocycles. The van der Waals surface area contributed by atoms with Crippen LogP contribution in [-0.4, -0.2) is 40.0 Å². The molecule has 12 heavy (non-hydrogen) atoms. The van der Waals surface area contributed by atoms with E-state index in [0.717, 1.165) is 13.0 Å². The number of hydrogen-bond acceptors (Lipinski definition) is 3. The molecule has 0 amide bonds. The zero-order chi connectivity index (χ0) is 9.56. The van der Waals surface area contributed by atoms with Gasteiger partial charge in [0.05, 0.1) is 6.10 Å². The molecule has 0 aliphatic rings. The Morgan fingerprint density at radius 3 is 2.50 bits per heavy atom. The van der Waals surface area contributed by atoms with Crippen molar-refractivity contribution in [2.45, 2.75) is 31.6 Å². The van der Waals surface area contributed by atoms with E-state index in [4.69, 9.17) is 5.11 Å². The molecule has 4 heteroatoms. The summed E-state index contributed by atoms with van der Waals surface area (Å²) in [6.45, 7) is 5.16. The SMILES string of the molecule is CC(O)CNCCC(C)S(C)=O. The molecule has 3 unspecified atom stereocenters. The van der Waals surface area contributed by atoms with Crippen molar-refractivity contribution in [2.75, 3.05) is 19.3 Å². The number of hydrogen-bond donors (Lipinski definition) is 2. The van der Waals surface area contributed by atoms with Crippen molar-refractivity contribution in [3.05, 3.63) is 0 Å². The van der Waals surface area contributed by atoms with Gasteiger partial charge in [0.25, 0.3) is 0 Å². The van der Waals surface area contributed by atoms with Gasteiger partial charge in [-0.05, 0) is 19.9 Å². The molecular weight excluding hydrogens is 174 g/mol. The lowest BCUT2D eigenvalue weighted by molar-refractivity contribution is 0.191. The van der Waals surface area contributed by atoms with E-state index < -0.39 is 10.8 Å². The molecule has 0 aromatic rings. The van der Waals surface area contributed by atoms with Crippen molar-refractivity contribution in [3.8, 4) is 0 Å². The van der Waals surface area contributed by atoms with E-state index in [1.165, 1.54) is 0 Å². The molecule has 3 nitrogen and oxygen atoms in total. The molecule has 0 saturated heterocycles. The summed E-state index contributed by atoms with van der Waals surface area (Å²) in [4.78, 5) is 0. The van der Waals surface area contributed by atoms with E-state index in [1.807, 2.05) is 6.92 Å². The van der Waals surface area contributed by atoms with E-state index >= 15 is 0 Å². The molecule has 2 N–H and O–H groups in total. The van der Waals surface area contributed by atoms with Crippen molar-refractivity contribution in [3.63, 3.8) is 0 Å². The van der Waals surface area contributed by atoms with E-state index in [0.29, 0.717) is 6.54 Å². The van der Waals surface area contributed by atoms with Gasteiger partial charge in [0, 0.05) is 28.9 Å². The van der Waals surface area contributed by atoms with Crippen LogP contribution in [0.3, 0.4) is 0 Å². The zero-order valence-corrected chi connectivity index (χ0v) is 8.86. The summed E-state index contributed by atoms with van der Waals surface area (Å²) < 4.78 is 10.9. The summed E-state index contributed by atoms with van der Waals surface area (Å²) in [5.74, 6) is 0. The molecule has 0 bridgehead atoms. The van der Waals surface area contributed by atoms with Crippen LogP contribution in [0, 0.1) is 0 Å². The third kappa shape index (κ3) is 6.76. The second-order valence-corrected chi connectivity index (χ2v) is 4.95. The van der Waals surface area contributed by atoms with E-state index in [-0.39, 0.29) is 11.4 Å². The third-order valence-electron chi connectivity index (χ3n) is 1.73. The van der Waals surface area contributed by atoms with Crippen LogP contribution in [0.15, 0.2) is 0 Å². The molecule has 0 aromatic heterocycles. The van der Waals surface area contributed by atoms with Gasteiger partial charge in [-0.15, -0.1) is 0 Å². The van der Waals surface area contributed by atoms with Gasteiger partial charge in [0.15, 0.2) is 0 Å². The first-order chi connectivity index (χ1) is 5.54. The average Bonchev–Trinajstić information content (AvgIpc) is 1.97. The number of nitrogens with one attached hydrogen (secondary N) is 1. The van der Waals surface area contributed by atoms with Crippen LogP contribution < -0.4 is 5.32 Å². The van der Waals surface area contributed by atoms with Crippen molar-refractivity contribution in [2.24, 2.45) is 0 Å². The van der Waals surface area contributed by atoms with E-state index in [2.05, 4.69) is 5.32 Å². The highest BCUT2D eigenvalue weighted by Crippen LogP contribution is 1.96. The number of aliphatic hydroxyl groups excluding tert-OH is 1. The monoisotopic (exact) mass is 193 g/mol. The lowest BCUT2D eigenvalue weighted by Gasteiger charge is -2.09. The number of rotatable bonds is 6. The Kier molecular flexibility index (Phi) is 6.61. The predicted octanol–water partition coefficient (Wildman–Crippen LogP) is 0.114. The maximum Gasteiger partial charge on any atom is 0.0636 e. The average molecular weight is 193 g/mol. The Morgan fingerprint density at radius 1 is 1.50 bits per heavy atom. The molecule has 0 fully saturated rings. The first kappa shape index (κ1) is 12.1. The fourth-order valence-corrected chi connectivity index (χ4v) is 1.23. The van der Waals surface area contributed by atoms with Crippen molar-refractivity contribution in [1.82, 2.24) is 5.32 Å². The summed E-state index contributed by atoms with van der Waals surface area (Å²) in [6, 6.07) is 0. The molecule has 0 aliphatic heterocycles. The van der Waals surface area contributed by atoms with Crippen LogP contribution >= 0.6 is 0 Å². The minimum Gasteiger partial charge on any atom is -0.392 e. The first-order valence-electron chi connectivity index (χ1n) is 4.25. The molecule has 0 heterocycles. The molecule has 0 radical (unpaired) electrons. The highest BCUT2D eigenvalue weighted by atomic mass is 32.2. The Labute approximate surface area is 77.0 Å². The largest absolute Gasteiger partial charge is 0.392 e.